The van der Waals surface area contributed by atoms with Gasteiger partial charge >= 0.3 is 0 Å². The summed E-state index contributed by atoms with van der Waals surface area (Å²) in [6.07, 6.45) is 1.14. The summed E-state index contributed by atoms with van der Waals surface area (Å²) in [4.78, 5) is 4.56. The highest BCUT2D eigenvalue weighted by Gasteiger charge is 2.26. The van der Waals surface area contributed by atoms with Crippen molar-refractivity contribution in [1.82, 2.24) is 10.2 Å². The maximum Gasteiger partial charge on any atom is 0.129 e. The first kappa shape index (κ1) is 14.3. The molecule has 0 aromatic heterocycles. The fourth-order valence-corrected chi connectivity index (χ4v) is 2.65. The molecular weight excluding hydrogens is 241 g/mol. The summed E-state index contributed by atoms with van der Waals surface area (Å²) < 4.78 is 14.0. The lowest BCUT2D eigenvalue weighted by molar-refractivity contribution is 0.315. The van der Waals surface area contributed by atoms with Gasteiger partial charge in [0.1, 0.15) is 5.82 Å². The molecule has 0 radical (unpaired) electrons. The highest BCUT2D eigenvalue weighted by atomic mass is 19.1. The summed E-state index contributed by atoms with van der Waals surface area (Å²) in [6.45, 7) is 5.48. The number of nitrogens with zero attached hydrogens (tertiary/aromatic N) is 2. The first-order chi connectivity index (χ1) is 9.13. The van der Waals surface area contributed by atoms with Crippen LogP contribution in [0.4, 0.5) is 10.1 Å². The molecule has 4 heteroatoms. The molecule has 1 unspecified atom stereocenters. The van der Waals surface area contributed by atoms with Gasteiger partial charge in [-0.15, -0.1) is 0 Å². The van der Waals surface area contributed by atoms with Crippen LogP contribution in [0.3, 0.4) is 0 Å². The number of likely N-dealkylation sites (N-methyl/N-ethyl adjacent to an activating group) is 1. The lowest BCUT2D eigenvalue weighted by Crippen LogP contribution is -2.32. The van der Waals surface area contributed by atoms with Gasteiger partial charge in [-0.05, 0) is 39.2 Å². The normalized spacial score (nSPS) is 19.4. The Morgan fingerprint density at radius 3 is 2.84 bits per heavy atom. The molecule has 3 nitrogen and oxygen atoms in total. The van der Waals surface area contributed by atoms with Crippen LogP contribution >= 0.6 is 0 Å². The van der Waals surface area contributed by atoms with Crippen LogP contribution in [-0.4, -0.2) is 44.7 Å². The maximum absolute atomic E-state index is 14.0. The highest BCUT2D eigenvalue weighted by molar-refractivity contribution is 5.55. The van der Waals surface area contributed by atoms with Crippen molar-refractivity contribution in [1.29, 1.82) is 0 Å². The van der Waals surface area contributed by atoms with E-state index in [1.165, 1.54) is 0 Å². The molecule has 106 valence electrons. The summed E-state index contributed by atoms with van der Waals surface area (Å²) in [5.41, 5.74) is 1.84. The van der Waals surface area contributed by atoms with Gasteiger partial charge in [0.2, 0.25) is 0 Å². The molecule has 0 spiro atoms. The van der Waals surface area contributed by atoms with Gasteiger partial charge in [0.25, 0.3) is 0 Å². The van der Waals surface area contributed by atoms with E-state index < -0.39 is 0 Å². The van der Waals surface area contributed by atoms with E-state index >= 15 is 0 Å². The molecule has 1 N–H and O–H groups in total. The largest absolute Gasteiger partial charge is 0.370 e. The minimum absolute atomic E-state index is 0.105. The third-order valence-electron chi connectivity index (χ3n) is 3.88. The Morgan fingerprint density at radius 1 is 1.42 bits per heavy atom. The SMILES string of the molecule is CCNCc1c(F)cccc1N1CCC(N(C)C)C1. The zero-order chi connectivity index (χ0) is 13.8. The standard InChI is InChI=1S/C15H24FN3/c1-4-17-10-13-14(16)6-5-7-15(13)19-9-8-12(11-19)18(2)3/h5-7,12,17H,4,8-11H2,1-3H3. The van der Waals surface area contributed by atoms with Crippen LogP contribution in [0.25, 0.3) is 0 Å². The van der Waals surface area contributed by atoms with Gasteiger partial charge < -0.3 is 15.1 Å². The minimum Gasteiger partial charge on any atom is -0.370 e. The van der Waals surface area contributed by atoms with Crippen LogP contribution in [0.5, 0.6) is 0 Å². The molecule has 1 atom stereocenters. The Hall–Kier alpha value is -1.13. The second-order valence-corrected chi connectivity index (χ2v) is 5.37. The summed E-state index contributed by atoms with van der Waals surface area (Å²) in [5, 5.41) is 3.23. The number of benzene rings is 1. The molecule has 19 heavy (non-hydrogen) atoms. The summed E-state index contributed by atoms with van der Waals surface area (Å²) in [5.74, 6) is -0.105. The zero-order valence-electron chi connectivity index (χ0n) is 12.1. The van der Waals surface area contributed by atoms with Crippen LogP contribution in [0.2, 0.25) is 0 Å². The van der Waals surface area contributed by atoms with Crippen molar-refractivity contribution < 1.29 is 4.39 Å². The van der Waals surface area contributed by atoms with Crippen molar-refractivity contribution in [2.45, 2.75) is 25.9 Å². The third-order valence-corrected chi connectivity index (χ3v) is 3.88. The van der Waals surface area contributed by atoms with Gasteiger partial charge in [-0.1, -0.05) is 13.0 Å². The molecule has 0 aliphatic carbocycles. The first-order valence-electron chi connectivity index (χ1n) is 7.03. The van der Waals surface area contributed by atoms with Gasteiger partial charge in [-0.3, -0.25) is 0 Å². The van der Waals surface area contributed by atoms with Crippen molar-refractivity contribution in [2.24, 2.45) is 0 Å². The molecule has 1 aliphatic rings. The molecule has 1 aliphatic heterocycles. The Labute approximate surface area is 115 Å². The predicted molar refractivity (Wildman–Crippen MR) is 78.1 cm³/mol. The maximum atomic E-state index is 14.0. The molecule has 0 amide bonds. The average Bonchev–Trinajstić information content (AvgIpc) is 2.86. The second-order valence-electron chi connectivity index (χ2n) is 5.37. The zero-order valence-corrected chi connectivity index (χ0v) is 12.1. The number of hydrogen-bond donors (Lipinski definition) is 1. The Balaban J connectivity index is 2.18. The van der Waals surface area contributed by atoms with E-state index in [1.807, 2.05) is 19.1 Å². The number of rotatable bonds is 5. The van der Waals surface area contributed by atoms with Gasteiger partial charge in [-0.2, -0.15) is 0 Å². The van der Waals surface area contributed by atoms with Crippen LogP contribution in [-0.2, 0) is 6.54 Å². The topological polar surface area (TPSA) is 18.5 Å². The van der Waals surface area contributed by atoms with E-state index in [0.717, 1.165) is 37.3 Å². The summed E-state index contributed by atoms with van der Waals surface area (Å²) in [7, 11) is 4.22. The molecule has 0 saturated carbocycles. The lowest BCUT2D eigenvalue weighted by atomic mass is 10.1. The van der Waals surface area contributed by atoms with Crippen molar-refractivity contribution in [3.05, 3.63) is 29.6 Å². The highest BCUT2D eigenvalue weighted by Crippen LogP contribution is 2.27. The molecule has 1 aromatic rings. The quantitative estimate of drug-likeness (QED) is 0.879. The third kappa shape index (κ3) is 3.25. The fourth-order valence-electron chi connectivity index (χ4n) is 2.65. The molecular formula is C15H24FN3. The van der Waals surface area contributed by atoms with Crippen LogP contribution in [0.1, 0.15) is 18.9 Å². The van der Waals surface area contributed by atoms with Gasteiger partial charge in [0.05, 0.1) is 0 Å². The minimum atomic E-state index is -0.105. The molecule has 1 aromatic carbocycles. The molecule has 1 fully saturated rings. The van der Waals surface area contributed by atoms with Crippen molar-refractivity contribution >= 4 is 5.69 Å². The van der Waals surface area contributed by atoms with E-state index in [1.54, 1.807) is 6.07 Å². The Morgan fingerprint density at radius 2 is 2.21 bits per heavy atom. The number of anilines is 1. The van der Waals surface area contributed by atoms with E-state index in [2.05, 4.69) is 29.2 Å². The van der Waals surface area contributed by atoms with Crippen molar-refractivity contribution in [3.63, 3.8) is 0 Å². The lowest BCUT2D eigenvalue weighted by Gasteiger charge is -2.24. The Kier molecular flexibility index (Phi) is 4.77. The molecule has 1 saturated heterocycles. The molecule has 1 heterocycles. The van der Waals surface area contributed by atoms with Crippen molar-refractivity contribution in [3.8, 4) is 0 Å². The molecule has 2 rings (SSSR count). The average molecular weight is 265 g/mol. The van der Waals surface area contributed by atoms with E-state index in [4.69, 9.17) is 0 Å². The Bertz CT molecular complexity index is 420. The fraction of sp³-hybridized carbons (Fsp3) is 0.600. The summed E-state index contributed by atoms with van der Waals surface area (Å²) >= 11 is 0. The van der Waals surface area contributed by atoms with Gasteiger partial charge in [0, 0.05) is 36.9 Å². The number of hydrogen-bond acceptors (Lipinski definition) is 3. The van der Waals surface area contributed by atoms with Crippen LogP contribution < -0.4 is 10.2 Å². The van der Waals surface area contributed by atoms with E-state index in [-0.39, 0.29) is 5.82 Å². The van der Waals surface area contributed by atoms with Crippen LogP contribution in [0, 0.1) is 5.82 Å². The number of halogens is 1. The van der Waals surface area contributed by atoms with Gasteiger partial charge in [-0.25, -0.2) is 4.39 Å². The smallest absolute Gasteiger partial charge is 0.129 e. The van der Waals surface area contributed by atoms with E-state index in [0.29, 0.717) is 12.6 Å². The summed E-state index contributed by atoms with van der Waals surface area (Å²) in [6, 6.07) is 5.96. The second kappa shape index (κ2) is 6.35. The molecule has 0 bridgehead atoms. The first-order valence-corrected chi connectivity index (χ1v) is 7.03. The van der Waals surface area contributed by atoms with Crippen LogP contribution in [0.15, 0.2) is 18.2 Å². The monoisotopic (exact) mass is 265 g/mol. The predicted octanol–water partition coefficient (Wildman–Crippen LogP) is 2.08. The number of nitrogens with one attached hydrogen (secondary N) is 1. The van der Waals surface area contributed by atoms with E-state index in [9.17, 15) is 4.39 Å². The van der Waals surface area contributed by atoms with Crippen molar-refractivity contribution in [2.75, 3.05) is 38.6 Å². The van der Waals surface area contributed by atoms with Gasteiger partial charge in [0.15, 0.2) is 0 Å².